The van der Waals surface area contributed by atoms with Crippen molar-refractivity contribution in [2.45, 2.75) is 59.2 Å². The molecule has 7 heteroatoms. The van der Waals surface area contributed by atoms with Crippen LogP contribution in [-0.2, 0) is 16.1 Å². The van der Waals surface area contributed by atoms with E-state index in [1.54, 1.807) is 37.3 Å². The minimum atomic E-state index is -0.601. The third-order valence-electron chi connectivity index (χ3n) is 5.51. The van der Waals surface area contributed by atoms with E-state index in [1.807, 2.05) is 52.0 Å². The number of amides is 2. The van der Waals surface area contributed by atoms with Gasteiger partial charge in [-0.25, -0.2) is 0 Å². The highest BCUT2D eigenvalue weighted by molar-refractivity contribution is 5.88. The molecule has 2 atom stereocenters. The lowest BCUT2D eigenvalue weighted by molar-refractivity contribution is -0.143. The highest BCUT2D eigenvalue weighted by atomic mass is 16.5. The average Bonchev–Trinajstić information content (AvgIpc) is 2.81. The maximum Gasteiger partial charge on any atom is 0.261 e. The summed E-state index contributed by atoms with van der Waals surface area (Å²) in [6.45, 7) is 7.98. The van der Waals surface area contributed by atoms with Gasteiger partial charge in [-0.05, 0) is 32.3 Å². The molecular formula is C26H36N2O5. The van der Waals surface area contributed by atoms with Gasteiger partial charge in [0.15, 0.2) is 6.61 Å². The molecule has 0 aromatic heterocycles. The molecule has 0 spiro atoms. The number of hydrogen-bond acceptors (Lipinski definition) is 5. The topological polar surface area (TPSA) is 77.1 Å². The van der Waals surface area contributed by atoms with Crippen LogP contribution >= 0.6 is 0 Å². The molecule has 0 saturated heterocycles. The Labute approximate surface area is 197 Å². The van der Waals surface area contributed by atoms with Gasteiger partial charge in [-0.1, -0.05) is 43.7 Å². The number of methoxy groups -OCH3 is 2. The Hall–Kier alpha value is -3.22. The van der Waals surface area contributed by atoms with Gasteiger partial charge >= 0.3 is 0 Å². The van der Waals surface area contributed by atoms with Crippen LogP contribution in [-0.4, -0.2) is 49.6 Å². The molecule has 0 heterocycles. The van der Waals surface area contributed by atoms with Crippen molar-refractivity contribution in [2.24, 2.45) is 0 Å². The molecule has 2 rings (SSSR count). The molecule has 33 heavy (non-hydrogen) atoms. The minimum absolute atomic E-state index is 0.0305. The van der Waals surface area contributed by atoms with E-state index in [1.165, 1.54) is 0 Å². The fourth-order valence-corrected chi connectivity index (χ4v) is 3.46. The van der Waals surface area contributed by atoms with Crippen LogP contribution in [0.5, 0.6) is 17.2 Å². The van der Waals surface area contributed by atoms with E-state index >= 15 is 0 Å². The maximum absolute atomic E-state index is 13.3. The van der Waals surface area contributed by atoms with E-state index < -0.39 is 6.04 Å². The van der Waals surface area contributed by atoms with Gasteiger partial charge in [0.2, 0.25) is 5.91 Å². The summed E-state index contributed by atoms with van der Waals surface area (Å²) in [5, 5.41) is 3.01. The van der Waals surface area contributed by atoms with Crippen LogP contribution in [0.2, 0.25) is 0 Å². The second-order valence-electron chi connectivity index (χ2n) is 8.09. The largest absolute Gasteiger partial charge is 0.496 e. The number of ether oxygens (including phenoxy) is 3. The third kappa shape index (κ3) is 7.70. The quantitative estimate of drug-likeness (QED) is 0.520. The zero-order valence-electron chi connectivity index (χ0n) is 20.5. The van der Waals surface area contributed by atoms with Crippen LogP contribution in [0.25, 0.3) is 0 Å². The van der Waals surface area contributed by atoms with Crippen molar-refractivity contribution >= 4 is 11.8 Å². The minimum Gasteiger partial charge on any atom is -0.496 e. The van der Waals surface area contributed by atoms with Crippen LogP contribution in [0.3, 0.4) is 0 Å². The van der Waals surface area contributed by atoms with Gasteiger partial charge in [-0.15, -0.1) is 0 Å². The van der Waals surface area contributed by atoms with Gasteiger partial charge in [0, 0.05) is 30.8 Å². The molecule has 2 aromatic carbocycles. The average molecular weight is 457 g/mol. The van der Waals surface area contributed by atoms with E-state index in [-0.39, 0.29) is 24.5 Å². The van der Waals surface area contributed by atoms with E-state index in [9.17, 15) is 9.59 Å². The fourth-order valence-electron chi connectivity index (χ4n) is 3.46. The molecule has 0 radical (unpaired) electrons. The van der Waals surface area contributed by atoms with E-state index in [0.29, 0.717) is 30.2 Å². The summed E-state index contributed by atoms with van der Waals surface area (Å²) in [5.41, 5.74) is 2.05. The molecule has 0 aliphatic carbocycles. The fraction of sp³-hybridized carbons (Fsp3) is 0.462. The first-order valence-electron chi connectivity index (χ1n) is 11.3. The van der Waals surface area contributed by atoms with Gasteiger partial charge in [0.25, 0.3) is 5.91 Å². The Morgan fingerprint density at radius 2 is 1.61 bits per heavy atom. The first-order valence-corrected chi connectivity index (χ1v) is 11.3. The Balaban J connectivity index is 2.25. The van der Waals surface area contributed by atoms with Crippen molar-refractivity contribution in [1.82, 2.24) is 10.2 Å². The molecular weight excluding hydrogens is 420 g/mol. The lowest BCUT2D eigenvalue weighted by Gasteiger charge is -2.31. The van der Waals surface area contributed by atoms with Crippen molar-refractivity contribution in [1.29, 1.82) is 0 Å². The van der Waals surface area contributed by atoms with Crippen LogP contribution in [0, 0.1) is 6.92 Å². The van der Waals surface area contributed by atoms with Crippen LogP contribution < -0.4 is 19.5 Å². The molecule has 0 unspecified atom stereocenters. The normalized spacial score (nSPS) is 12.4. The van der Waals surface area contributed by atoms with Crippen molar-refractivity contribution < 1.29 is 23.8 Å². The van der Waals surface area contributed by atoms with Gasteiger partial charge in [0.05, 0.1) is 14.2 Å². The van der Waals surface area contributed by atoms with Crippen LogP contribution in [0.15, 0.2) is 42.5 Å². The predicted octanol–water partition coefficient (Wildman–Crippen LogP) is 4.11. The standard InChI is InChI=1S/C26H36N2O5/c1-7-19(4)27-26(30)24(8-2)28(16-20-11-9-10-18(3)12-20)25(29)17-33-23-14-21(31-5)13-22(15-23)32-6/h9-15,19,24H,7-8,16-17H2,1-6H3,(H,27,30)/t19-,24+/m1/s1. The molecule has 180 valence electrons. The number of hydrogen-bond donors (Lipinski definition) is 1. The monoisotopic (exact) mass is 456 g/mol. The van der Waals surface area contributed by atoms with Crippen LogP contribution in [0.4, 0.5) is 0 Å². The highest BCUT2D eigenvalue weighted by Gasteiger charge is 2.29. The predicted molar refractivity (Wildman–Crippen MR) is 129 cm³/mol. The first-order chi connectivity index (χ1) is 15.8. The smallest absolute Gasteiger partial charge is 0.261 e. The molecule has 1 N–H and O–H groups in total. The summed E-state index contributed by atoms with van der Waals surface area (Å²) in [5.74, 6) is 1.15. The molecule has 0 aliphatic heterocycles. The lowest BCUT2D eigenvalue weighted by atomic mass is 10.1. The second-order valence-corrected chi connectivity index (χ2v) is 8.09. The number of nitrogens with zero attached hydrogens (tertiary/aromatic N) is 1. The molecule has 0 aliphatic rings. The van der Waals surface area contributed by atoms with Gasteiger partial charge in [0.1, 0.15) is 23.3 Å². The zero-order valence-corrected chi connectivity index (χ0v) is 20.5. The molecule has 7 nitrogen and oxygen atoms in total. The number of benzene rings is 2. The summed E-state index contributed by atoms with van der Waals surface area (Å²) >= 11 is 0. The van der Waals surface area contributed by atoms with Crippen molar-refractivity contribution in [3.63, 3.8) is 0 Å². The van der Waals surface area contributed by atoms with E-state index in [4.69, 9.17) is 14.2 Å². The third-order valence-corrected chi connectivity index (χ3v) is 5.51. The summed E-state index contributed by atoms with van der Waals surface area (Å²) < 4.78 is 16.3. The second kappa shape index (κ2) is 12.7. The molecule has 0 saturated carbocycles. The van der Waals surface area contributed by atoms with Gasteiger partial charge in [-0.2, -0.15) is 0 Å². The SMILES string of the molecule is CC[C@@H](C)NC(=O)[C@H](CC)N(Cc1cccc(C)c1)C(=O)COc1cc(OC)cc(OC)c1. The number of carbonyl (C=O) groups excluding carboxylic acids is 2. The van der Waals surface area contributed by atoms with Crippen LogP contribution in [0.1, 0.15) is 44.7 Å². The van der Waals surface area contributed by atoms with Crippen molar-refractivity contribution in [3.8, 4) is 17.2 Å². The molecule has 0 fully saturated rings. The Bertz CT molecular complexity index is 908. The van der Waals surface area contributed by atoms with E-state index in [0.717, 1.165) is 17.5 Å². The van der Waals surface area contributed by atoms with Crippen molar-refractivity contribution in [2.75, 3.05) is 20.8 Å². The first kappa shape index (κ1) is 26.0. The van der Waals surface area contributed by atoms with Gasteiger partial charge in [-0.3, -0.25) is 9.59 Å². The van der Waals surface area contributed by atoms with Gasteiger partial charge < -0.3 is 24.4 Å². The molecule has 2 amide bonds. The molecule has 0 bridgehead atoms. The molecule has 2 aromatic rings. The van der Waals surface area contributed by atoms with Crippen molar-refractivity contribution in [3.05, 3.63) is 53.6 Å². The maximum atomic E-state index is 13.3. The number of carbonyl (C=O) groups is 2. The summed E-state index contributed by atoms with van der Waals surface area (Å²) in [4.78, 5) is 27.9. The summed E-state index contributed by atoms with van der Waals surface area (Å²) in [6, 6.07) is 12.5. The number of aryl methyl sites for hydroxylation is 1. The van der Waals surface area contributed by atoms with E-state index in [2.05, 4.69) is 5.32 Å². The highest BCUT2D eigenvalue weighted by Crippen LogP contribution is 2.27. The number of rotatable bonds is 12. The Kier molecular flexibility index (Phi) is 10.0. The summed E-state index contributed by atoms with van der Waals surface area (Å²) in [6.07, 6.45) is 1.31. The Morgan fingerprint density at radius 3 is 2.15 bits per heavy atom. The zero-order chi connectivity index (χ0) is 24.4. The summed E-state index contributed by atoms with van der Waals surface area (Å²) in [7, 11) is 3.10. The number of nitrogens with one attached hydrogen (secondary N) is 1. The lowest BCUT2D eigenvalue weighted by Crippen LogP contribution is -2.51. The Morgan fingerprint density at radius 1 is 0.970 bits per heavy atom.